The number of aromatic amines is 1. The molecule has 0 radical (unpaired) electrons. The Kier molecular flexibility index (Phi) is 4.75. The van der Waals surface area contributed by atoms with Gasteiger partial charge in [-0.25, -0.2) is 15.4 Å². The van der Waals surface area contributed by atoms with Crippen molar-refractivity contribution in [1.29, 1.82) is 0 Å². The Labute approximate surface area is 170 Å². The number of nitrogens with one attached hydrogen (secondary N) is 2. The number of nitrogens with zero attached hydrogens (tertiary/aromatic N) is 4. The molecule has 2 fully saturated rings. The summed E-state index contributed by atoms with van der Waals surface area (Å²) >= 11 is 0. The summed E-state index contributed by atoms with van der Waals surface area (Å²) in [4.78, 5) is 26.8. The topological polar surface area (TPSA) is 86.3 Å². The predicted molar refractivity (Wildman–Crippen MR) is 112 cm³/mol. The van der Waals surface area contributed by atoms with Gasteiger partial charge in [-0.05, 0) is 81.3 Å². The van der Waals surface area contributed by atoms with Crippen LogP contribution in [0.1, 0.15) is 59.8 Å². The number of hydrazone groups is 1. The lowest BCUT2D eigenvalue weighted by Crippen LogP contribution is -2.22. The smallest absolute Gasteiger partial charge is 0.273 e. The van der Waals surface area contributed by atoms with Crippen molar-refractivity contribution in [1.82, 2.24) is 25.3 Å². The predicted octanol–water partition coefficient (Wildman–Crippen LogP) is 2.55. The number of likely N-dealkylation sites (tertiary alicyclic amines) is 1. The molecule has 2 aromatic heterocycles. The molecule has 7 nitrogen and oxygen atoms in total. The van der Waals surface area contributed by atoms with Crippen LogP contribution >= 0.6 is 0 Å². The number of H-pyrrole nitrogens is 1. The van der Waals surface area contributed by atoms with Gasteiger partial charge in [0, 0.05) is 24.1 Å². The van der Waals surface area contributed by atoms with Gasteiger partial charge < -0.3 is 9.88 Å². The van der Waals surface area contributed by atoms with Crippen LogP contribution in [-0.4, -0.2) is 51.1 Å². The number of carbonyl (C=O) groups excluding carboxylic acids is 1. The summed E-state index contributed by atoms with van der Waals surface area (Å²) in [7, 11) is 0. The van der Waals surface area contributed by atoms with Crippen molar-refractivity contribution < 1.29 is 4.79 Å². The van der Waals surface area contributed by atoms with Gasteiger partial charge in [-0.15, -0.1) is 0 Å². The van der Waals surface area contributed by atoms with E-state index >= 15 is 0 Å². The van der Waals surface area contributed by atoms with E-state index in [-0.39, 0.29) is 5.91 Å². The van der Waals surface area contributed by atoms with Gasteiger partial charge in [-0.2, -0.15) is 5.10 Å². The van der Waals surface area contributed by atoms with Crippen LogP contribution in [0.3, 0.4) is 0 Å². The lowest BCUT2D eigenvalue weighted by Gasteiger charge is -2.15. The van der Waals surface area contributed by atoms with Gasteiger partial charge in [0.25, 0.3) is 5.91 Å². The van der Waals surface area contributed by atoms with Crippen LogP contribution < -0.4 is 5.43 Å². The van der Waals surface area contributed by atoms with Crippen LogP contribution in [0.5, 0.6) is 0 Å². The summed E-state index contributed by atoms with van der Waals surface area (Å²) in [5.74, 6) is 0.413. The SMILES string of the molecule is Cc1[nH]c(C=C2C(=O)NN=C2c2ccncn2)c(C2CC2)c1CCN1CCCC1. The highest BCUT2D eigenvalue weighted by molar-refractivity contribution is 6.32. The van der Waals surface area contributed by atoms with Crippen molar-refractivity contribution in [3.63, 3.8) is 0 Å². The van der Waals surface area contributed by atoms with Crippen LogP contribution in [0.25, 0.3) is 6.08 Å². The average molecular weight is 390 g/mol. The standard InChI is InChI=1S/C22H26N6O/c1-14-16(7-11-28-9-2-3-10-28)20(15-4-5-15)19(25-14)12-17-21(26-27-22(17)29)18-6-8-23-13-24-18/h6,8,12-13,15,25H,2-5,7,9-11H2,1H3,(H,27,29). The third-order valence-corrected chi connectivity index (χ3v) is 6.13. The van der Waals surface area contributed by atoms with Crippen molar-refractivity contribution in [3.8, 4) is 0 Å². The lowest BCUT2D eigenvalue weighted by atomic mass is 9.98. The van der Waals surface area contributed by atoms with E-state index in [4.69, 9.17) is 0 Å². The second kappa shape index (κ2) is 7.55. The Morgan fingerprint density at radius 2 is 2.10 bits per heavy atom. The molecule has 1 aliphatic carbocycles. The number of aromatic nitrogens is 3. The number of aryl methyl sites for hydroxylation is 1. The van der Waals surface area contributed by atoms with E-state index in [1.54, 1.807) is 12.3 Å². The highest BCUT2D eigenvalue weighted by Crippen LogP contribution is 2.45. The highest BCUT2D eigenvalue weighted by Gasteiger charge is 2.32. The molecule has 3 aliphatic rings. The van der Waals surface area contributed by atoms with E-state index in [1.165, 1.54) is 61.9 Å². The van der Waals surface area contributed by atoms with Gasteiger partial charge in [0.2, 0.25) is 0 Å². The van der Waals surface area contributed by atoms with Gasteiger partial charge in [0.05, 0.1) is 11.3 Å². The third-order valence-electron chi connectivity index (χ3n) is 6.13. The van der Waals surface area contributed by atoms with Gasteiger partial charge in [-0.3, -0.25) is 4.79 Å². The zero-order chi connectivity index (χ0) is 19.8. The molecule has 4 heterocycles. The number of hydrogen-bond donors (Lipinski definition) is 2. The second-order valence-electron chi connectivity index (χ2n) is 8.18. The Balaban J connectivity index is 1.48. The summed E-state index contributed by atoms with van der Waals surface area (Å²) in [6, 6.07) is 1.77. The molecule has 0 bridgehead atoms. The highest BCUT2D eigenvalue weighted by atomic mass is 16.2. The summed E-state index contributed by atoms with van der Waals surface area (Å²) in [6.45, 7) is 5.71. The second-order valence-corrected chi connectivity index (χ2v) is 8.18. The molecule has 0 unspecified atom stereocenters. The van der Waals surface area contributed by atoms with Crippen LogP contribution in [0.4, 0.5) is 0 Å². The molecule has 1 saturated carbocycles. The molecule has 150 valence electrons. The monoisotopic (exact) mass is 390 g/mol. The third kappa shape index (κ3) is 3.62. The normalized spacial score (nSPS) is 21.1. The first-order valence-electron chi connectivity index (χ1n) is 10.5. The number of amides is 1. The van der Waals surface area contributed by atoms with Gasteiger partial charge in [0.1, 0.15) is 12.0 Å². The molecule has 29 heavy (non-hydrogen) atoms. The average Bonchev–Trinajstić information content (AvgIpc) is 3.16. The summed E-state index contributed by atoms with van der Waals surface area (Å²) < 4.78 is 0. The molecule has 0 spiro atoms. The Hall–Kier alpha value is -2.80. The van der Waals surface area contributed by atoms with E-state index in [0.717, 1.165) is 18.7 Å². The molecular formula is C22H26N6O. The minimum absolute atomic E-state index is 0.189. The number of rotatable bonds is 6. The first kappa shape index (κ1) is 18.2. The van der Waals surface area contributed by atoms with E-state index < -0.39 is 0 Å². The molecule has 2 aromatic rings. The van der Waals surface area contributed by atoms with Crippen molar-refractivity contribution in [2.75, 3.05) is 19.6 Å². The van der Waals surface area contributed by atoms with Crippen molar-refractivity contribution in [3.05, 3.63) is 52.4 Å². The molecule has 0 aromatic carbocycles. The molecule has 1 saturated heterocycles. The molecule has 5 rings (SSSR count). The van der Waals surface area contributed by atoms with Gasteiger partial charge in [-0.1, -0.05) is 0 Å². The Morgan fingerprint density at radius 3 is 2.83 bits per heavy atom. The van der Waals surface area contributed by atoms with Crippen LogP contribution in [0.15, 0.2) is 29.3 Å². The summed E-state index contributed by atoms with van der Waals surface area (Å²) in [5.41, 5.74) is 9.47. The lowest BCUT2D eigenvalue weighted by molar-refractivity contribution is -0.116. The molecule has 1 amide bonds. The molecule has 7 heteroatoms. The Bertz CT molecular complexity index is 980. The van der Waals surface area contributed by atoms with Crippen LogP contribution in [-0.2, 0) is 11.2 Å². The van der Waals surface area contributed by atoms with E-state index in [9.17, 15) is 4.79 Å². The fourth-order valence-electron chi connectivity index (χ4n) is 4.50. The van der Waals surface area contributed by atoms with Crippen LogP contribution in [0.2, 0.25) is 0 Å². The number of hydrogen-bond acceptors (Lipinski definition) is 5. The first-order valence-corrected chi connectivity index (χ1v) is 10.5. The maximum Gasteiger partial charge on any atom is 0.273 e. The van der Waals surface area contributed by atoms with Crippen molar-refractivity contribution in [2.45, 2.75) is 44.9 Å². The van der Waals surface area contributed by atoms with Crippen molar-refractivity contribution >= 4 is 17.7 Å². The van der Waals surface area contributed by atoms with E-state index in [0.29, 0.717) is 22.9 Å². The first-order chi connectivity index (χ1) is 14.2. The van der Waals surface area contributed by atoms with Crippen LogP contribution in [0, 0.1) is 6.92 Å². The Morgan fingerprint density at radius 1 is 1.28 bits per heavy atom. The molecule has 2 aliphatic heterocycles. The minimum Gasteiger partial charge on any atom is -0.359 e. The van der Waals surface area contributed by atoms with Gasteiger partial charge >= 0.3 is 0 Å². The largest absolute Gasteiger partial charge is 0.359 e. The zero-order valence-corrected chi connectivity index (χ0v) is 16.7. The minimum atomic E-state index is -0.189. The summed E-state index contributed by atoms with van der Waals surface area (Å²) in [5, 5.41) is 4.21. The van der Waals surface area contributed by atoms with Gasteiger partial charge in [0.15, 0.2) is 0 Å². The maximum absolute atomic E-state index is 12.5. The fourth-order valence-corrected chi connectivity index (χ4v) is 4.50. The molecule has 2 N–H and O–H groups in total. The molecule has 0 atom stereocenters. The van der Waals surface area contributed by atoms with E-state index in [2.05, 4.69) is 37.3 Å². The number of carbonyl (C=O) groups is 1. The zero-order valence-electron chi connectivity index (χ0n) is 16.7. The molecular weight excluding hydrogens is 364 g/mol. The summed E-state index contributed by atoms with van der Waals surface area (Å²) in [6.07, 6.45) is 11.3. The quantitative estimate of drug-likeness (QED) is 0.742. The fraction of sp³-hybridized carbons (Fsp3) is 0.455. The van der Waals surface area contributed by atoms with Crippen molar-refractivity contribution in [2.24, 2.45) is 5.10 Å². The maximum atomic E-state index is 12.5. The van der Waals surface area contributed by atoms with E-state index in [1.807, 2.05) is 6.08 Å².